The summed E-state index contributed by atoms with van der Waals surface area (Å²) in [6.07, 6.45) is 3.25. The molecule has 0 bridgehead atoms. The highest BCUT2D eigenvalue weighted by molar-refractivity contribution is 5.75. The molecule has 2 rings (SSSR count). The van der Waals surface area contributed by atoms with Gasteiger partial charge in [-0.05, 0) is 40.0 Å². The molecule has 0 saturated heterocycles. The quantitative estimate of drug-likeness (QED) is 0.839. The first-order valence-corrected chi connectivity index (χ1v) is 5.87. The molecule has 1 aromatic rings. The maximum Gasteiger partial charge on any atom is 0.315 e. The van der Waals surface area contributed by atoms with E-state index in [2.05, 4.69) is 27.7 Å². The Labute approximate surface area is 100 Å². The molecule has 1 saturated carbocycles. The van der Waals surface area contributed by atoms with Gasteiger partial charge in [0.05, 0.1) is 0 Å². The van der Waals surface area contributed by atoms with Crippen molar-refractivity contribution in [1.82, 2.24) is 20.8 Å². The van der Waals surface area contributed by atoms with Crippen molar-refractivity contribution >= 4 is 6.03 Å². The number of hydrogen-bond acceptors (Lipinski definition) is 4. The van der Waals surface area contributed by atoms with Crippen LogP contribution in [0.15, 0.2) is 4.52 Å². The Morgan fingerprint density at radius 1 is 1.53 bits per heavy atom. The summed E-state index contributed by atoms with van der Waals surface area (Å²) in [6.45, 7) is 5.61. The number of carbonyl (C=O) groups excluding carboxylic acids is 1. The molecule has 94 valence electrons. The largest absolute Gasteiger partial charge is 0.337 e. The molecule has 1 aromatic heterocycles. The number of aryl methyl sites for hydroxylation is 1. The number of amides is 2. The molecule has 1 fully saturated rings. The van der Waals surface area contributed by atoms with E-state index in [-0.39, 0.29) is 17.6 Å². The van der Waals surface area contributed by atoms with Crippen molar-refractivity contribution in [3.63, 3.8) is 0 Å². The Hall–Kier alpha value is -1.59. The summed E-state index contributed by atoms with van der Waals surface area (Å²) in [5, 5.41) is 9.44. The predicted octanol–water partition coefficient (Wildman–Crippen LogP) is 1.68. The SMILES string of the molecule is Cc1noc(C(C)NC(=O)NC2(C)CCC2)n1. The van der Waals surface area contributed by atoms with E-state index in [0.29, 0.717) is 11.7 Å². The van der Waals surface area contributed by atoms with Crippen molar-refractivity contribution in [2.75, 3.05) is 0 Å². The fourth-order valence-corrected chi connectivity index (χ4v) is 1.89. The lowest BCUT2D eigenvalue weighted by atomic mass is 9.79. The van der Waals surface area contributed by atoms with E-state index in [4.69, 9.17) is 4.52 Å². The van der Waals surface area contributed by atoms with Gasteiger partial charge in [-0.3, -0.25) is 0 Å². The molecule has 1 unspecified atom stereocenters. The van der Waals surface area contributed by atoms with Crippen LogP contribution in [-0.2, 0) is 0 Å². The predicted molar refractivity (Wildman–Crippen MR) is 61.4 cm³/mol. The molecule has 2 N–H and O–H groups in total. The highest BCUT2D eigenvalue weighted by atomic mass is 16.5. The monoisotopic (exact) mass is 238 g/mol. The van der Waals surface area contributed by atoms with Gasteiger partial charge in [0, 0.05) is 5.54 Å². The summed E-state index contributed by atoms with van der Waals surface area (Å²) in [7, 11) is 0. The molecule has 0 radical (unpaired) electrons. The number of urea groups is 1. The Bertz CT molecular complexity index is 411. The average Bonchev–Trinajstić information content (AvgIpc) is 2.62. The maximum atomic E-state index is 11.7. The van der Waals surface area contributed by atoms with Gasteiger partial charge in [0.1, 0.15) is 6.04 Å². The smallest absolute Gasteiger partial charge is 0.315 e. The van der Waals surface area contributed by atoms with E-state index < -0.39 is 0 Å². The molecule has 6 nitrogen and oxygen atoms in total. The van der Waals surface area contributed by atoms with Crippen molar-refractivity contribution in [3.8, 4) is 0 Å². The molecule has 0 aromatic carbocycles. The van der Waals surface area contributed by atoms with Gasteiger partial charge in [0.25, 0.3) is 0 Å². The Morgan fingerprint density at radius 3 is 2.71 bits per heavy atom. The number of rotatable bonds is 3. The zero-order chi connectivity index (χ0) is 12.5. The summed E-state index contributed by atoms with van der Waals surface area (Å²) in [6, 6.07) is -0.463. The third kappa shape index (κ3) is 2.75. The molecule has 17 heavy (non-hydrogen) atoms. The van der Waals surface area contributed by atoms with Crippen molar-refractivity contribution in [1.29, 1.82) is 0 Å². The number of aromatic nitrogens is 2. The van der Waals surface area contributed by atoms with Crippen LogP contribution in [0.1, 0.15) is 50.9 Å². The summed E-state index contributed by atoms with van der Waals surface area (Å²) in [4.78, 5) is 15.8. The van der Waals surface area contributed by atoms with E-state index in [9.17, 15) is 4.79 Å². The second-order valence-electron chi connectivity index (χ2n) is 4.91. The van der Waals surface area contributed by atoms with Crippen molar-refractivity contribution in [2.45, 2.75) is 51.6 Å². The standard InChI is InChI=1S/C11H18N4O2/c1-7(9-13-8(2)15-17-9)12-10(16)14-11(3)5-4-6-11/h7H,4-6H2,1-3H3,(H2,12,14,16). The maximum absolute atomic E-state index is 11.7. The average molecular weight is 238 g/mol. The van der Waals surface area contributed by atoms with Gasteiger partial charge in [0.15, 0.2) is 5.82 Å². The van der Waals surface area contributed by atoms with Crippen LogP contribution in [0.5, 0.6) is 0 Å². The molecular weight excluding hydrogens is 220 g/mol. The third-order valence-electron chi connectivity index (χ3n) is 3.13. The van der Waals surface area contributed by atoms with Crippen LogP contribution in [0.3, 0.4) is 0 Å². The molecule has 0 spiro atoms. The van der Waals surface area contributed by atoms with Gasteiger partial charge in [-0.15, -0.1) is 0 Å². The minimum absolute atomic E-state index is 0.0471. The molecule has 1 aliphatic carbocycles. The second kappa shape index (κ2) is 4.35. The van der Waals surface area contributed by atoms with Gasteiger partial charge < -0.3 is 15.2 Å². The Kier molecular flexibility index (Phi) is 3.04. The van der Waals surface area contributed by atoms with Gasteiger partial charge >= 0.3 is 6.03 Å². The van der Waals surface area contributed by atoms with E-state index in [1.165, 1.54) is 6.42 Å². The van der Waals surface area contributed by atoms with Crippen molar-refractivity contribution < 1.29 is 9.32 Å². The zero-order valence-corrected chi connectivity index (χ0v) is 10.4. The molecule has 1 aliphatic rings. The molecular formula is C11H18N4O2. The van der Waals surface area contributed by atoms with Crippen LogP contribution >= 0.6 is 0 Å². The highest BCUT2D eigenvalue weighted by Gasteiger charge is 2.33. The zero-order valence-electron chi connectivity index (χ0n) is 10.4. The lowest BCUT2D eigenvalue weighted by molar-refractivity contribution is 0.187. The van der Waals surface area contributed by atoms with Crippen molar-refractivity contribution in [2.24, 2.45) is 0 Å². The molecule has 6 heteroatoms. The fourth-order valence-electron chi connectivity index (χ4n) is 1.89. The third-order valence-corrected chi connectivity index (χ3v) is 3.13. The van der Waals surface area contributed by atoms with Gasteiger partial charge in [-0.2, -0.15) is 4.98 Å². The van der Waals surface area contributed by atoms with E-state index in [1.807, 2.05) is 6.92 Å². The molecule has 2 amide bonds. The number of hydrogen-bond donors (Lipinski definition) is 2. The lowest BCUT2D eigenvalue weighted by Gasteiger charge is -2.39. The van der Waals surface area contributed by atoms with E-state index in [0.717, 1.165) is 12.8 Å². The number of carbonyl (C=O) groups is 1. The van der Waals surface area contributed by atoms with Crippen LogP contribution in [0.25, 0.3) is 0 Å². The number of nitrogens with one attached hydrogen (secondary N) is 2. The van der Waals surface area contributed by atoms with Gasteiger partial charge in [0.2, 0.25) is 5.89 Å². The molecule has 1 atom stereocenters. The van der Waals surface area contributed by atoms with Crippen LogP contribution in [-0.4, -0.2) is 21.7 Å². The van der Waals surface area contributed by atoms with Gasteiger partial charge in [-0.25, -0.2) is 4.79 Å². The Morgan fingerprint density at radius 2 is 2.24 bits per heavy atom. The second-order valence-corrected chi connectivity index (χ2v) is 4.91. The molecule has 0 aliphatic heterocycles. The summed E-state index contributed by atoms with van der Waals surface area (Å²) in [5.74, 6) is 0.997. The topological polar surface area (TPSA) is 80.0 Å². The summed E-state index contributed by atoms with van der Waals surface area (Å²) >= 11 is 0. The number of nitrogens with zero attached hydrogens (tertiary/aromatic N) is 2. The molecule has 1 heterocycles. The van der Waals surface area contributed by atoms with Crippen LogP contribution in [0.2, 0.25) is 0 Å². The first-order valence-electron chi connectivity index (χ1n) is 5.87. The summed E-state index contributed by atoms with van der Waals surface area (Å²) in [5.41, 5.74) is -0.0471. The van der Waals surface area contributed by atoms with Crippen molar-refractivity contribution in [3.05, 3.63) is 11.7 Å². The summed E-state index contributed by atoms with van der Waals surface area (Å²) < 4.78 is 4.99. The van der Waals surface area contributed by atoms with E-state index >= 15 is 0 Å². The minimum Gasteiger partial charge on any atom is -0.337 e. The van der Waals surface area contributed by atoms with Gasteiger partial charge in [-0.1, -0.05) is 5.16 Å². The van der Waals surface area contributed by atoms with Crippen LogP contribution < -0.4 is 10.6 Å². The fraction of sp³-hybridized carbons (Fsp3) is 0.727. The van der Waals surface area contributed by atoms with Crippen LogP contribution in [0.4, 0.5) is 4.79 Å². The minimum atomic E-state index is -0.278. The van der Waals surface area contributed by atoms with E-state index in [1.54, 1.807) is 6.92 Å². The normalized spacial score (nSPS) is 19.2. The first kappa shape index (κ1) is 11.9. The lowest BCUT2D eigenvalue weighted by Crippen LogP contribution is -2.54. The first-order chi connectivity index (χ1) is 7.98. The Balaban J connectivity index is 1.86. The highest BCUT2D eigenvalue weighted by Crippen LogP contribution is 2.30. The van der Waals surface area contributed by atoms with Crippen LogP contribution in [0, 0.1) is 6.92 Å².